The number of imidazole rings is 1. The van der Waals surface area contributed by atoms with E-state index in [0.717, 1.165) is 12.2 Å². The number of aromatic nitrogens is 2. The van der Waals surface area contributed by atoms with Gasteiger partial charge in [-0.2, -0.15) is 0 Å². The Bertz CT molecular complexity index is 572. The molecule has 0 spiro atoms. The van der Waals surface area contributed by atoms with Crippen molar-refractivity contribution in [2.75, 3.05) is 5.73 Å². The molecule has 0 unspecified atom stereocenters. The summed E-state index contributed by atoms with van der Waals surface area (Å²) in [6.07, 6.45) is 2.43. The fourth-order valence-electron chi connectivity index (χ4n) is 1.83. The molecule has 0 saturated heterocycles. The van der Waals surface area contributed by atoms with E-state index in [1.165, 1.54) is 0 Å². The van der Waals surface area contributed by atoms with Crippen molar-refractivity contribution in [1.82, 2.24) is 9.38 Å². The fraction of sp³-hybridized carbons (Fsp3) is 0.333. The maximum atomic E-state index is 11.1. The van der Waals surface area contributed by atoms with E-state index >= 15 is 0 Å². The van der Waals surface area contributed by atoms with Gasteiger partial charge in [0.1, 0.15) is 5.82 Å². The molecule has 0 atom stereocenters. The lowest BCUT2D eigenvalue weighted by Crippen LogP contribution is -2.01. The van der Waals surface area contributed by atoms with Gasteiger partial charge in [-0.05, 0) is 18.1 Å². The highest BCUT2D eigenvalue weighted by molar-refractivity contribution is 5.93. The first kappa shape index (κ1) is 11.4. The lowest BCUT2D eigenvalue weighted by Gasteiger charge is -2.04. The quantitative estimate of drug-likeness (QED) is 0.847. The summed E-state index contributed by atoms with van der Waals surface area (Å²) in [5.74, 6) is 0.130. The average molecular weight is 233 g/mol. The van der Waals surface area contributed by atoms with Crippen molar-refractivity contribution in [3.8, 4) is 0 Å². The Hall–Kier alpha value is -2.04. The molecule has 0 aromatic carbocycles. The lowest BCUT2D eigenvalue weighted by molar-refractivity contribution is 0.0693. The number of hydrogen-bond acceptors (Lipinski definition) is 3. The van der Waals surface area contributed by atoms with Gasteiger partial charge in [-0.25, -0.2) is 9.78 Å². The first-order chi connectivity index (χ1) is 7.99. The number of nitrogen functional groups attached to an aromatic ring is 1. The Balaban J connectivity index is 2.66. The molecule has 5 heteroatoms. The highest BCUT2D eigenvalue weighted by Gasteiger charge is 2.17. The van der Waals surface area contributed by atoms with E-state index in [1.54, 1.807) is 22.7 Å². The summed E-state index contributed by atoms with van der Waals surface area (Å²) < 4.78 is 1.76. The normalized spacial score (nSPS) is 11.2. The number of carboxylic acids is 1. The third kappa shape index (κ3) is 2.08. The summed E-state index contributed by atoms with van der Waals surface area (Å²) >= 11 is 0. The molecule has 0 amide bonds. The van der Waals surface area contributed by atoms with Crippen LogP contribution in [0.4, 0.5) is 5.69 Å². The zero-order valence-corrected chi connectivity index (χ0v) is 9.84. The van der Waals surface area contributed by atoms with Gasteiger partial charge in [0.15, 0.2) is 5.69 Å². The summed E-state index contributed by atoms with van der Waals surface area (Å²) in [6.45, 7) is 4.13. The van der Waals surface area contributed by atoms with Crippen molar-refractivity contribution in [3.63, 3.8) is 0 Å². The smallest absolute Gasteiger partial charge is 0.356 e. The average Bonchev–Trinajstić information content (AvgIpc) is 2.56. The molecule has 2 rings (SSSR count). The van der Waals surface area contributed by atoms with Crippen LogP contribution >= 0.6 is 0 Å². The highest BCUT2D eigenvalue weighted by atomic mass is 16.4. The molecule has 2 aromatic rings. The first-order valence-electron chi connectivity index (χ1n) is 5.48. The van der Waals surface area contributed by atoms with Crippen LogP contribution in [0.3, 0.4) is 0 Å². The van der Waals surface area contributed by atoms with E-state index in [9.17, 15) is 4.79 Å². The SMILES string of the molecule is CC(C)Cc1nc(C(=O)O)c2ccc(N)cn12. The Labute approximate surface area is 98.9 Å². The molecule has 90 valence electrons. The zero-order chi connectivity index (χ0) is 12.6. The second kappa shape index (κ2) is 4.08. The Morgan fingerprint density at radius 2 is 2.24 bits per heavy atom. The Morgan fingerprint density at radius 3 is 2.82 bits per heavy atom. The summed E-state index contributed by atoms with van der Waals surface area (Å²) in [5.41, 5.74) is 6.98. The molecule has 3 N–H and O–H groups in total. The molecule has 2 heterocycles. The summed E-state index contributed by atoms with van der Waals surface area (Å²) in [7, 11) is 0. The van der Waals surface area contributed by atoms with Gasteiger partial charge in [-0.15, -0.1) is 0 Å². The van der Waals surface area contributed by atoms with E-state index in [4.69, 9.17) is 10.8 Å². The predicted octanol–water partition coefficient (Wildman–Crippen LogP) is 1.81. The molecule has 0 fully saturated rings. The standard InChI is InChI=1S/C12H15N3O2/c1-7(2)5-10-14-11(12(16)17)9-4-3-8(13)6-15(9)10/h3-4,6-7H,5,13H2,1-2H3,(H,16,17). The maximum absolute atomic E-state index is 11.1. The number of carbonyl (C=O) groups is 1. The Kier molecular flexibility index (Phi) is 2.75. The van der Waals surface area contributed by atoms with E-state index in [-0.39, 0.29) is 5.69 Å². The van der Waals surface area contributed by atoms with Crippen LogP contribution in [0.15, 0.2) is 18.3 Å². The molecule has 0 aliphatic carbocycles. The summed E-state index contributed by atoms with van der Waals surface area (Å²) in [4.78, 5) is 15.3. The van der Waals surface area contributed by atoms with Crippen LogP contribution in [0.25, 0.3) is 5.52 Å². The van der Waals surface area contributed by atoms with Crippen LogP contribution in [0.5, 0.6) is 0 Å². The van der Waals surface area contributed by atoms with Crippen molar-refractivity contribution in [2.45, 2.75) is 20.3 Å². The van der Waals surface area contributed by atoms with E-state index < -0.39 is 5.97 Å². The van der Waals surface area contributed by atoms with Crippen LogP contribution in [0.2, 0.25) is 0 Å². The van der Waals surface area contributed by atoms with Gasteiger partial charge >= 0.3 is 5.97 Å². The monoisotopic (exact) mass is 233 g/mol. The van der Waals surface area contributed by atoms with E-state index in [2.05, 4.69) is 18.8 Å². The number of anilines is 1. The molecule has 5 nitrogen and oxygen atoms in total. The molecule has 0 saturated carbocycles. The number of fused-ring (bicyclic) bond motifs is 1. The van der Waals surface area contributed by atoms with E-state index in [1.807, 2.05) is 0 Å². The molecular weight excluding hydrogens is 218 g/mol. The third-order valence-electron chi connectivity index (χ3n) is 2.53. The molecule has 0 bridgehead atoms. The number of carboxylic acid groups (broad SMARTS) is 1. The number of aromatic carboxylic acids is 1. The van der Waals surface area contributed by atoms with Crippen LogP contribution in [0, 0.1) is 5.92 Å². The number of rotatable bonds is 3. The molecule has 2 aromatic heterocycles. The third-order valence-corrected chi connectivity index (χ3v) is 2.53. The minimum Gasteiger partial charge on any atom is -0.476 e. The highest BCUT2D eigenvalue weighted by Crippen LogP contribution is 2.18. The first-order valence-corrected chi connectivity index (χ1v) is 5.48. The van der Waals surface area contributed by atoms with Crippen molar-refractivity contribution < 1.29 is 9.90 Å². The van der Waals surface area contributed by atoms with Crippen LogP contribution in [-0.4, -0.2) is 20.5 Å². The van der Waals surface area contributed by atoms with Crippen LogP contribution in [-0.2, 0) is 6.42 Å². The molecule has 17 heavy (non-hydrogen) atoms. The van der Waals surface area contributed by atoms with Gasteiger partial charge < -0.3 is 15.2 Å². The second-order valence-corrected chi connectivity index (χ2v) is 4.50. The van der Waals surface area contributed by atoms with Crippen molar-refractivity contribution in [3.05, 3.63) is 29.8 Å². The summed E-state index contributed by atoms with van der Waals surface area (Å²) in [6, 6.07) is 3.37. The topological polar surface area (TPSA) is 80.6 Å². The largest absolute Gasteiger partial charge is 0.476 e. The number of pyridine rings is 1. The zero-order valence-electron chi connectivity index (χ0n) is 9.84. The van der Waals surface area contributed by atoms with Gasteiger partial charge in [0, 0.05) is 18.3 Å². The Morgan fingerprint density at radius 1 is 1.53 bits per heavy atom. The maximum Gasteiger partial charge on any atom is 0.356 e. The van der Waals surface area contributed by atoms with Crippen molar-refractivity contribution >= 4 is 17.2 Å². The van der Waals surface area contributed by atoms with Crippen LogP contribution in [0.1, 0.15) is 30.2 Å². The van der Waals surface area contributed by atoms with Gasteiger partial charge in [-0.1, -0.05) is 13.8 Å². The van der Waals surface area contributed by atoms with Gasteiger partial charge in [-0.3, -0.25) is 0 Å². The fourth-order valence-corrected chi connectivity index (χ4v) is 1.83. The number of nitrogens with zero attached hydrogens (tertiary/aromatic N) is 2. The predicted molar refractivity (Wildman–Crippen MR) is 65.1 cm³/mol. The molecule has 0 radical (unpaired) electrons. The molecular formula is C12H15N3O2. The van der Waals surface area contributed by atoms with Gasteiger partial charge in [0.2, 0.25) is 0 Å². The minimum absolute atomic E-state index is 0.0839. The molecule has 0 aliphatic rings. The molecule has 0 aliphatic heterocycles. The van der Waals surface area contributed by atoms with Gasteiger partial charge in [0.05, 0.1) is 5.52 Å². The van der Waals surface area contributed by atoms with E-state index in [0.29, 0.717) is 17.1 Å². The number of hydrogen-bond donors (Lipinski definition) is 2. The lowest BCUT2D eigenvalue weighted by atomic mass is 10.1. The van der Waals surface area contributed by atoms with Gasteiger partial charge in [0.25, 0.3) is 0 Å². The second-order valence-electron chi connectivity index (χ2n) is 4.50. The number of nitrogens with two attached hydrogens (primary N) is 1. The summed E-state index contributed by atoms with van der Waals surface area (Å²) in [5, 5.41) is 9.09. The van der Waals surface area contributed by atoms with Crippen molar-refractivity contribution in [1.29, 1.82) is 0 Å². The van der Waals surface area contributed by atoms with Crippen molar-refractivity contribution in [2.24, 2.45) is 5.92 Å². The minimum atomic E-state index is -1.01. The van der Waals surface area contributed by atoms with Crippen LogP contribution < -0.4 is 5.73 Å².